The fraction of sp³-hybridized carbons (Fsp3) is 0.611. The largest absolute Gasteiger partial charge is 0.343 e. The highest BCUT2D eigenvalue weighted by atomic mass is 16.2. The molecule has 0 aliphatic carbocycles. The van der Waals surface area contributed by atoms with Crippen molar-refractivity contribution < 1.29 is 4.79 Å². The van der Waals surface area contributed by atoms with Gasteiger partial charge in [-0.05, 0) is 56.2 Å². The maximum absolute atomic E-state index is 12.3. The number of amides is 1. The summed E-state index contributed by atoms with van der Waals surface area (Å²) in [5.41, 5.74) is 1.43. The summed E-state index contributed by atoms with van der Waals surface area (Å²) in [6.45, 7) is 4.01. The van der Waals surface area contributed by atoms with Crippen molar-refractivity contribution in [2.45, 2.75) is 32.1 Å². The predicted octanol–water partition coefficient (Wildman–Crippen LogP) is 2.47. The molecule has 3 heteroatoms. The van der Waals surface area contributed by atoms with Crippen molar-refractivity contribution in [3.8, 4) is 0 Å². The third-order valence-corrected chi connectivity index (χ3v) is 4.96. The molecule has 0 radical (unpaired) electrons. The number of nitrogens with zero attached hydrogens (tertiary/aromatic N) is 1. The minimum absolute atomic E-state index is 0.377. The number of likely N-dealkylation sites (tertiary alicyclic amines) is 1. The van der Waals surface area contributed by atoms with Crippen molar-refractivity contribution in [2.75, 3.05) is 26.2 Å². The summed E-state index contributed by atoms with van der Waals surface area (Å²) < 4.78 is 0. The fourth-order valence-electron chi connectivity index (χ4n) is 3.60. The summed E-state index contributed by atoms with van der Waals surface area (Å²) in [6, 6.07) is 10.7. The third kappa shape index (κ3) is 4.07. The molecule has 1 amide bonds. The van der Waals surface area contributed by atoms with Gasteiger partial charge in [0, 0.05) is 19.5 Å². The summed E-state index contributed by atoms with van der Waals surface area (Å²) in [5.74, 6) is 1.69. The van der Waals surface area contributed by atoms with Crippen LogP contribution in [0.3, 0.4) is 0 Å². The minimum Gasteiger partial charge on any atom is -0.343 e. The molecule has 0 bridgehead atoms. The molecular weight excluding hydrogens is 260 g/mol. The van der Waals surface area contributed by atoms with E-state index < -0.39 is 0 Å². The van der Waals surface area contributed by atoms with Gasteiger partial charge in [0.05, 0.1) is 0 Å². The highest BCUT2D eigenvalue weighted by Gasteiger charge is 2.25. The van der Waals surface area contributed by atoms with Crippen molar-refractivity contribution in [1.82, 2.24) is 10.2 Å². The Hall–Kier alpha value is -1.35. The summed E-state index contributed by atoms with van der Waals surface area (Å²) >= 11 is 0. The molecule has 2 aliphatic heterocycles. The van der Waals surface area contributed by atoms with Crippen molar-refractivity contribution in [3.63, 3.8) is 0 Å². The molecule has 21 heavy (non-hydrogen) atoms. The van der Waals surface area contributed by atoms with E-state index in [9.17, 15) is 4.79 Å². The van der Waals surface area contributed by atoms with Gasteiger partial charge >= 0.3 is 0 Å². The van der Waals surface area contributed by atoms with Gasteiger partial charge in [-0.1, -0.05) is 30.3 Å². The van der Waals surface area contributed by atoms with E-state index in [1.165, 1.54) is 5.56 Å². The van der Waals surface area contributed by atoms with Crippen LogP contribution in [0, 0.1) is 11.8 Å². The Labute approximate surface area is 127 Å². The Morgan fingerprint density at radius 1 is 1.10 bits per heavy atom. The monoisotopic (exact) mass is 286 g/mol. The first-order valence-corrected chi connectivity index (χ1v) is 8.33. The van der Waals surface area contributed by atoms with Crippen LogP contribution in [0.5, 0.6) is 0 Å². The first-order valence-electron chi connectivity index (χ1n) is 8.33. The standard InChI is InChI=1S/C18H26N2O/c21-18(13-17-6-9-19-14-17)20-10-7-16(8-11-20)12-15-4-2-1-3-5-15/h1-5,16-17,19H,6-14H2. The smallest absolute Gasteiger partial charge is 0.222 e. The molecule has 2 heterocycles. The average molecular weight is 286 g/mol. The molecule has 0 saturated carbocycles. The number of hydrogen-bond donors (Lipinski definition) is 1. The molecule has 1 aromatic rings. The number of hydrogen-bond acceptors (Lipinski definition) is 2. The lowest BCUT2D eigenvalue weighted by Gasteiger charge is -2.32. The van der Waals surface area contributed by atoms with E-state index in [0.717, 1.165) is 64.2 Å². The van der Waals surface area contributed by atoms with Crippen LogP contribution >= 0.6 is 0 Å². The molecule has 1 aromatic carbocycles. The van der Waals surface area contributed by atoms with E-state index in [4.69, 9.17) is 0 Å². The number of benzene rings is 1. The Morgan fingerprint density at radius 3 is 2.52 bits per heavy atom. The van der Waals surface area contributed by atoms with Crippen LogP contribution < -0.4 is 5.32 Å². The van der Waals surface area contributed by atoms with Crippen LogP contribution in [-0.4, -0.2) is 37.0 Å². The zero-order valence-electron chi connectivity index (χ0n) is 12.8. The van der Waals surface area contributed by atoms with E-state index in [1.807, 2.05) is 0 Å². The van der Waals surface area contributed by atoms with Gasteiger partial charge in [0.15, 0.2) is 0 Å². The maximum Gasteiger partial charge on any atom is 0.222 e. The molecule has 0 spiro atoms. The van der Waals surface area contributed by atoms with Gasteiger partial charge < -0.3 is 10.2 Å². The van der Waals surface area contributed by atoms with Gasteiger partial charge in [-0.15, -0.1) is 0 Å². The average Bonchev–Trinajstić information content (AvgIpc) is 3.02. The number of rotatable bonds is 4. The quantitative estimate of drug-likeness (QED) is 0.922. The second-order valence-electron chi connectivity index (χ2n) is 6.58. The molecule has 1 N–H and O–H groups in total. The maximum atomic E-state index is 12.3. The highest BCUT2D eigenvalue weighted by Crippen LogP contribution is 2.23. The molecule has 3 rings (SSSR count). The molecule has 2 fully saturated rings. The molecular formula is C18H26N2O. The van der Waals surface area contributed by atoms with Gasteiger partial charge in [0.25, 0.3) is 0 Å². The van der Waals surface area contributed by atoms with E-state index in [0.29, 0.717) is 11.8 Å². The lowest BCUT2D eigenvalue weighted by atomic mass is 9.90. The van der Waals surface area contributed by atoms with Crippen LogP contribution in [0.15, 0.2) is 30.3 Å². The van der Waals surface area contributed by atoms with Crippen molar-refractivity contribution in [3.05, 3.63) is 35.9 Å². The zero-order chi connectivity index (χ0) is 14.5. The van der Waals surface area contributed by atoms with Gasteiger partial charge in [-0.2, -0.15) is 0 Å². The van der Waals surface area contributed by atoms with Gasteiger partial charge in [0.2, 0.25) is 5.91 Å². The third-order valence-electron chi connectivity index (χ3n) is 4.96. The van der Waals surface area contributed by atoms with Gasteiger partial charge in [-0.25, -0.2) is 0 Å². The SMILES string of the molecule is O=C(CC1CCNC1)N1CCC(Cc2ccccc2)CC1. The fourth-order valence-corrected chi connectivity index (χ4v) is 3.60. The number of carbonyl (C=O) groups excluding carboxylic acids is 1. The Bertz CT molecular complexity index is 446. The van der Waals surface area contributed by atoms with Crippen LogP contribution in [0.1, 0.15) is 31.2 Å². The lowest BCUT2D eigenvalue weighted by Crippen LogP contribution is -2.39. The summed E-state index contributed by atoms with van der Waals surface area (Å²) in [7, 11) is 0. The molecule has 1 unspecified atom stereocenters. The molecule has 1 atom stereocenters. The molecule has 0 aromatic heterocycles. The van der Waals surface area contributed by atoms with Crippen LogP contribution in [0.25, 0.3) is 0 Å². The van der Waals surface area contributed by atoms with Crippen LogP contribution in [-0.2, 0) is 11.2 Å². The second-order valence-corrected chi connectivity index (χ2v) is 6.58. The topological polar surface area (TPSA) is 32.3 Å². The Balaban J connectivity index is 1.43. The van der Waals surface area contributed by atoms with Crippen molar-refractivity contribution in [2.24, 2.45) is 11.8 Å². The van der Waals surface area contributed by atoms with Gasteiger partial charge in [0.1, 0.15) is 0 Å². The molecule has 3 nitrogen and oxygen atoms in total. The Morgan fingerprint density at radius 2 is 1.86 bits per heavy atom. The number of carbonyl (C=O) groups is 1. The summed E-state index contributed by atoms with van der Waals surface area (Å²) in [6.07, 6.45) is 5.38. The van der Waals surface area contributed by atoms with E-state index in [-0.39, 0.29) is 0 Å². The lowest BCUT2D eigenvalue weighted by molar-refractivity contribution is -0.133. The molecule has 114 valence electrons. The highest BCUT2D eigenvalue weighted by molar-refractivity contribution is 5.76. The van der Waals surface area contributed by atoms with Crippen LogP contribution in [0.4, 0.5) is 0 Å². The van der Waals surface area contributed by atoms with Crippen molar-refractivity contribution in [1.29, 1.82) is 0 Å². The van der Waals surface area contributed by atoms with E-state index in [2.05, 4.69) is 40.5 Å². The number of piperidine rings is 1. The van der Waals surface area contributed by atoms with E-state index >= 15 is 0 Å². The normalized spacial score (nSPS) is 23.4. The van der Waals surface area contributed by atoms with E-state index in [1.54, 1.807) is 0 Å². The first-order chi connectivity index (χ1) is 10.3. The Kier molecular flexibility index (Phi) is 4.91. The number of nitrogens with one attached hydrogen (secondary N) is 1. The van der Waals surface area contributed by atoms with Crippen LogP contribution in [0.2, 0.25) is 0 Å². The van der Waals surface area contributed by atoms with Gasteiger partial charge in [-0.3, -0.25) is 4.79 Å². The molecule has 2 saturated heterocycles. The molecule has 2 aliphatic rings. The summed E-state index contributed by atoms with van der Waals surface area (Å²) in [5, 5.41) is 3.34. The second kappa shape index (κ2) is 7.08. The summed E-state index contributed by atoms with van der Waals surface area (Å²) in [4.78, 5) is 14.4. The zero-order valence-corrected chi connectivity index (χ0v) is 12.8. The van der Waals surface area contributed by atoms with Crippen molar-refractivity contribution >= 4 is 5.91 Å². The predicted molar refractivity (Wildman–Crippen MR) is 85.0 cm³/mol. The minimum atomic E-state index is 0.377. The first kappa shape index (κ1) is 14.6.